The second-order valence-corrected chi connectivity index (χ2v) is 6.74. The molecule has 0 aliphatic carbocycles. The molecule has 0 heterocycles. The quantitative estimate of drug-likeness (QED) is 0.819. The minimum Gasteiger partial charge on any atom is -0.482 e. The molecule has 1 aromatic carbocycles. The highest BCUT2D eigenvalue weighted by molar-refractivity contribution is 7.89. The van der Waals surface area contributed by atoms with Crippen molar-refractivity contribution >= 4 is 27.5 Å². The molecule has 1 rings (SSSR count). The Balaban J connectivity index is 2.83. The monoisotopic (exact) mass is 334 g/mol. The molecule has 0 bridgehead atoms. The molecule has 0 aromatic heterocycles. The Kier molecular flexibility index (Phi) is 6.44. The van der Waals surface area contributed by atoms with Gasteiger partial charge in [-0.15, -0.1) is 0 Å². The van der Waals surface area contributed by atoms with Gasteiger partial charge in [0.25, 0.3) is 5.91 Å². The van der Waals surface area contributed by atoms with Gasteiger partial charge < -0.3 is 9.64 Å². The van der Waals surface area contributed by atoms with Gasteiger partial charge in [0, 0.05) is 20.6 Å². The Bertz CT molecular complexity index is 602. The second kappa shape index (κ2) is 7.63. The first-order valence-corrected chi connectivity index (χ1v) is 8.26. The van der Waals surface area contributed by atoms with Crippen LogP contribution in [-0.2, 0) is 14.8 Å². The van der Waals surface area contributed by atoms with Crippen LogP contribution in [0.5, 0.6) is 5.75 Å². The maximum absolute atomic E-state index is 11.9. The molecule has 0 radical (unpaired) electrons. The first-order valence-electron chi connectivity index (χ1n) is 6.40. The van der Waals surface area contributed by atoms with E-state index in [-0.39, 0.29) is 28.2 Å². The topological polar surface area (TPSA) is 75.7 Å². The van der Waals surface area contributed by atoms with Gasteiger partial charge in [0.05, 0.1) is 9.92 Å². The summed E-state index contributed by atoms with van der Waals surface area (Å²) >= 11 is 5.99. The minimum atomic E-state index is -3.57. The van der Waals surface area contributed by atoms with E-state index >= 15 is 0 Å². The van der Waals surface area contributed by atoms with Crippen molar-refractivity contribution in [2.75, 3.05) is 27.2 Å². The maximum Gasteiger partial charge on any atom is 0.259 e. The third-order valence-electron chi connectivity index (χ3n) is 2.61. The number of nitrogens with one attached hydrogen (secondary N) is 1. The molecular formula is C13H19ClN2O4S. The number of carbonyl (C=O) groups is 1. The average Bonchev–Trinajstić information content (AvgIpc) is 2.43. The molecule has 0 saturated carbocycles. The van der Waals surface area contributed by atoms with E-state index in [9.17, 15) is 13.2 Å². The standard InChI is InChI=1S/C13H19ClN2O4S/c1-4-7-15-21(18,19)10-5-6-12(11(14)8-10)20-9-13(17)16(2)3/h5-6,8,15H,4,7,9H2,1-3H3. The van der Waals surface area contributed by atoms with Crippen molar-refractivity contribution in [3.63, 3.8) is 0 Å². The predicted octanol–water partition coefficient (Wildman–Crippen LogP) is 1.50. The zero-order valence-corrected chi connectivity index (χ0v) is 13.8. The number of benzene rings is 1. The van der Waals surface area contributed by atoms with Gasteiger partial charge in [-0.3, -0.25) is 4.79 Å². The van der Waals surface area contributed by atoms with Gasteiger partial charge in [0.2, 0.25) is 10.0 Å². The molecule has 0 aliphatic rings. The lowest BCUT2D eigenvalue weighted by Gasteiger charge is -2.13. The highest BCUT2D eigenvalue weighted by atomic mass is 35.5. The van der Waals surface area contributed by atoms with Crippen LogP contribution in [0.2, 0.25) is 5.02 Å². The van der Waals surface area contributed by atoms with E-state index in [0.29, 0.717) is 13.0 Å². The molecule has 1 amide bonds. The molecule has 0 unspecified atom stereocenters. The summed E-state index contributed by atoms with van der Waals surface area (Å²) in [5.74, 6) is 0.0497. The third kappa shape index (κ3) is 5.18. The van der Waals surface area contributed by atoms with Crippen LogP contribution >= 0.6 is 11.6 Å². The van der Waals surface area contributed by atoms with Gasteiger partial charge in [-0.2, -0.15) is 0 Å². The third-order valence-corrected chi connectivity index (χ3v) is 4.36. The van der Waals surface area contributed by atoms with Crippen molar-refractivity contribution in [1.29, 1.82) is 0 Å². The van der Waals surface area contributed by atoms with Gasteiger partial charge in [-0.1, -0.05) is 18.5 Å². The zero-order chi connectivity index (χ0) is 16.0. The maximum atomic E-state index is 11.9. The van der Waals surface area contributed by atoms with Crippen LogP contribution in [0.15, 0.2) is 23.1 Å². The predicted molar refractivity (Wildman–Crippen MR) is 81.1 cm³/mol. The molecule has 1 N–H and O–H groups in total. The summed E-state index contributed by atoms with van der Waals surface area (Å²) in [7, 11) is -0.345. The lowest BCUT2D eigenvalue weighted by molar-refractivity contribution is -0.130. The fourth-order valence-corrected chi connectivity index (χ4v) is 2.81. The summed E-state index contributed by atoms with van der Waals surface area (Å²) in [6, 6.07) is 4.13. The fourth-order valence-electron chi connectivity index (χ4n) is 1.35. The van der Waals surface area contributed by atoms with Crippen LogP contribution in [0.4, 0.5) is 0 Å². The first-order chi connectivity index (χ1) is 9.77. The van der Waals surface area contributed by atoms with E-state index < -0.39 is 10.0 Å². The number of likely N-dealkylation sites (N-methyl/N-ethyl adjacent to an activating group) is 1. The summed E-state index contributed by atoms with van der Waals surface area (Å²) in [5, 5.41) is 0.140. The molecule has 0 atom stereocenters. The number of hydrogen-bond acceptors (Lipinski definition) is 4. The number of carbonyl (C=O) groups excluding carboxylic acids is 1. The summed E-state index contributed by atoms with van der Waals surface area (Å²) in [6.45, 7) is 2.07. The number of hydrogen-bond donors (Lipinski definition) is 1. The molecule has 118 valence electrons. The van der Waals surface area contributed by atoms with E-state index in [4.69, 9.17) is 16.3 Å². The smallest absolute Gasteiger partial charge is 0.259 e. The van der Waals surface area contributed by atoms with Gasteiger partial charge in [-0.25, -0.2) is 13.1 Å². The zero-order valence-electron chi connectivity index (χ0n) is 12.2. The fraction of sp³-hybridized carbons (Fsp3) is 0.462. The Morgan fingerprint density at radius 1 is 1.38 bits per heavy atom. The number of ether oxygens (including phenoxy) is 1. The Hall–Kier alpha value is -1.31. The highest BCUT2D eigenvalue weighted by Crippen LogP contribution is 2.27. The minimum absolute atomic E-state index is 0.0623. The summed E-state index contributed by atoms with van der Waals surface area (Å²) in [5.41, 5.74) is 0. The van der Waals surface area contributed by atoms with E-state index in [1.165, 1.54) is 23.1 Å². The van der Waals surface area contributed by atoms with Gasteiger partial charge in [0.15, 0.2) is 6.61 Å². The van der Waals surface area contributed by atoms with Crippen molar-refractivity contribution < 1.29 is 17.9 Å². The van der Waals surface area contributed by atoms with Gasteiger partial charge >= 0.3 is 0 Å². The molecule has 1 aromatic rings. The lowest BCUT2D eigenvalue weighted by Crippen LogP contribution is -2.27. The average molecular weight is 335 g/mol. The first kappa shape index (κ1) is 17.7. The molecule has 0 saturated heterocycles. The SMILES string of the molecule is CCCNS(=O)(=O)c1ccc(OCC(=O)N(C)C)c(Cl)c1. The van der Waals surface area contributed by atoms with Gasteiger partial charge in [0.1, 0.15) is 5.75 Å². The number of nitrogens with zero attached hydrogens (tertiary/aromatic N) is 1. The molecule has 8 heteroatoms. The Labute approximate surface area is 130 Å². The normalized spacial score (nSPS) is 11.2. The Morgan fingerprint density at radius 3 is 2.57 bits per heavy atom. The highest BCUT2D eigenvalue weighted by Gasteiger charge is 2.16. The van der Waals surface area contributed by atoms with E-state index in [1.807, 2.05) is 6.92 Å². The lowest BCUT2D eigenvalue weighted by atomic mass is 10.3. The van der Waals surface area contributed by atoms with Crippen molar-refractivity contribution in [3.05, 3.63) is 23.2 Å². The number of rotatable bonds is 7. The van der Waals surface area contributed by atoms with Gasteiger partial charge in [-0.05, 0) is 24.6 Å². The van der Waals surface area contributed by atoms with Crippen molar-refractivity contribution in [1.82, 2.24) is 9.62 Å². The van der Waals surface area contributed by atoms with Crippen LogP contribution < -0.4 is 9.46 Å². The van der Waals surface area contributed by atoms with Crippen LogP contribution in [0, 0.1) is 0 Å². The van der Waals surface area contributed by atoms with E-state index in [0.717, 1.165) is 0 Å². The molecule has 6 nitrogen and oxygen atoms in total. The molecule has 0 fully saturated rings. The number of halogens is 1. The summed E-state index contributed by atoms with van der Waals surface area (Å²) in [4.78, 5) is 12.9. The molecular weight excluding hydrogens is 316 g/mol. The van der Waals surface area contributed by atoms with Crippen LogP contribution in [0.1, 0.15) is 13.3 Å². The van der Waals surface area contributed by atoms with E-state index in [1.54, 1.807) is 14.1 Å². The van der Waals surface area contributed by atoms with Crippen molar-refractivity contribution in [3.8, 4) is 5.75 Å². The largest absolute Gasteiger partial charge is 0.482 e. The second-order valence-electron chi connectivity index (χ2n) is 4.57. The van der Waals surface area contributed by atoms with Crippen LogP contribution in [0.3, 0.4) is 0 Å². The molecule has 0 aliphatic heterocycles. The van der Waals surface area contributed by atoms with Crippen LogP contribution in [0.25, 0.3) is 0 Å². The van der Waals surface area contributed by atoms with Crippen molar-refractivity contribution in [2.24, 2.45) is 0 Å². The van der Waals surface area contributed by atoms with Crippen molar-refractivity contribution in [2.45, 2.75) is 18.2 Å². The number of sulfonamides is 1. The van der Waals surface area contributed by atoms with Crippen LogP contribution in [-0.4, -0.2) is 46.5 Å². The summed E-state index contributed by atoms with van der Waals surface area (Å²) in [6.07, 6.45) is 0.695. The summed E-state index contributed by atoms with van der Waals surface area (Å²) < 4.78 is 31.6. The Morgan fingerprint density at radius 2 is 2.05 bits per heavy atom. The van der Waals surface area contributed by atoms with E-state index in [2.05, 4.69) is 4.72 Å². The molecule has 0 spiro atoms. The molecule has 21 heavy (non-hydrogen) atoms. The number of amides is 1.